The van der Waals surface area contributed by atoms with E-state index in [9.17, 15) is 0 Å². The quantitative estimate of drug-likeness (QED) is 0.715. The van der Waals surface area contributed by atoms with Gasteiger partial charge in [-0.05, 0) is 42.8 Å². The highest BCUT2D eigenvalue weighted by Crippen LogP contribution is 2.29. The number of nitrogens with one attached hydrogen (secondary N) is 2. The molecule has 2 aromatic heterocycles. The maximum absolute atomic E-state index is 4.40. The van der Waals surface area contributed by atoms with Crippen molar-refractivity contribution in [1.29, 1.82) is 0 Å². The lowest BCUT2D eigenvalue weighted by Gasteiger charge is -2.00. The van der Waals surface area contributed by atoms with E-state index in [4.69, 9.17) is 0 Å². The minimum absolute atomic E-state index is 0.984. The van der Waals surface area contributed by atoms with Gasteiger partial charge in [0.05, 0.1) is 11.4 Å². The molecule has 2 N–H and O–H groups in total. The Kier molecular flexibility index (Phi) is 2.52. The number of pyridine rings is 1. The van der Waals surface area contributed by atoms with Crippen molar-refractivity contribution in [2.75, 3.05) is 12.4 Å². The van der Waals surface area contributed by atoms with E-state index in [0.717, 1.165) is 22.6 Å². The average molecular weight is 237 g/mol. The predicted octanol–water partition coefficient (Wildman–Crippen LogP) is 3.58. The molecule has 0 saturated heterocycles. The summed E-state index contributed by atoms with van der Waals surface area (Å²) in [6.45, 7) is 2.13. The van der Waals surface area contributed by atoms with Crippen LogP contribution in [0.3, 0.4) is 0 Å². The van der Waals surface area contributed by atoms with E-state index in [2.05, 4.69) is 40.4 Å². The zero-order valence-electron chi connectivity index (χ0n) is 10.5. The first-order valence-corrected chi connectivity index (χ1v) is 6.01. The highest BCUT2D eigenvalue weighted by molar-refractivity contribution is 5.92. The lowest BCUT2D eigenvalue weighted by molar-refractivity contribution is 1.28. The van der Waals surface area contributed by atoms with Crippen LogP contribution < -0.4 is 5.32 Å². The first-order chi connectivity index (χ1) is 8.79. The summed E-state index contributed by atoms with van der Waals surface area (Å²) in [5, 5.41) is 4.40. The molecule has 90 valence electrons. The third-order valence-corrected chi connectivity index (χ3v) is 3.27. The molecule has 0 aliphatic rings. The van der Waals surface area contributed by atoms with Crippen LogP contribution in [0.1, 0.15) is 5.56 Å². The lowest BCUT2D eigenvalue weighted by atomic mass is 10.1. The van der Waals surface area contributed by atoms with Crippen LogP contribution in [-0.2, 0) is 0 Å². The summed E-state index contributed by atoms with van der Waals surface area (Å²) in [7, 11) is 1.93. The fourth-order valence-corrected chi connectivity index (χ4v) is 2.25. The van der Waals surface area contributed by atoms with Gasteiger partial charge in [-0.3, -0.25) is 4.98 Å². The fourth-order valence-electron chi connectivity index (χ4n) is 2.25. The number of aryl methyl sites for hydroxylation is 1. The van der Waals surface area contributed by atoms with Crippen LogP contribution in [0.4, 0.5) is 5.69 Å². The van der Waals surface area contributed by atoms with Crippen LogP contribution in [0.15, 0.2) is 42.6 Å². The van der Waals surface area contributed by atoms with Crippen LogP contribution in [0.25, 0.3) is 22.3 Å². The van der Waals surface area contributed by atoms with Gasteiger partial charge in [-0.2, -0.15) is 0 Å². The van der Waals surface area contributed by atoms with Crippen molar-refractivity contribution < 1.29 is 0 Å². The molecule has 0 aliphatic heterocycles. The number of aromatic amines is 1. The number of H-pyrrole nitrogens is 1. The largest absolute Gasteiger partial charge is 0.388 e. The van der Waals surface area contributed by atoms with Gasteiger partial charge in [0.25, 0.3) is 0 Å². The van der Waals surface area contributed by atoms with Gasteiger partial charge in [0.15, 0.2) is 0 Å². The van der Waals surface area contributed by atoms with E-state index in [1.807, 2.05) is 31.4 Å². The molecule has 3 aromatic rings. The van der Waals surface area contributed by atoms with E-state index in [1.54, 1.807) is 0 Å². The lowest BCUT2D eigenvalue weighted by Crippen LogP contribution is -1.86. The summed E-state index contributed by atoms with van der Waals surface area (Å²) >= 11 is 0. The normalized spacial score (nSPS) is 10.8. The number of hydrogen-bond acceptors (Lipinski definition) is 2. The molecule has 3 heteroatoms. The van der Waals surface area contributed by atoms with Crippen LogP contribution in [0.2, 0.25) is 0 Å². The summed E-state index contributed by atoms with van der Waals surface area (Å²) in [5.74, 6) is 0. The molecular weight excluding hydrogens is 222 g/mol. The molecule has 18 heavy (non-hydrogen) atoms. The Morgan fingerprint density at radius 3 is 2.78 bits per heavy atom. The maximum atomic E-state index is 4.40. The second-order valence-corrected chi connectivity index (χ2v) is 4.35. The van der Waals surface area contributed by atoms with E-state index in [-0.39, 0.29) is 0 Å². The maximum Gasteiger partial charge on any atom is 0.0867 e. The summed E-state index contributed by atoms with van der Waals surface area (Å²) in [4.78, 5) is 7.84. The number of hydrogen-bond donors (Lipinski definition) is 2. The standard InChI is InChI=1S/C15H15N3/c1-10-12-9-11(16-2)6-7-13(12)18-15(10)14-5-3-4-8-17-14/h3-9,16,18H,1-2H3. The number of nitrogens with zero attached hydrogens (tertiary/aromatic N) is 1. The summed E-state index contributed by atoms with van der Waals surface area (Å²) in [5.41, 5.74) is 5.58. The smallest absolute Gasteiger partial charge is 0.0867 e. The first kappa shape index (κ1) is 10.8. The van der Waals surface area contributed by atoms with Gasteiger partial charge in [0, 0.05) is 29.8 Å². The molecular formula is C15H15N3. The van der Waals surface area contributed by atoms with Crippen molar-refractivity contribution >= 4 is 16.6 Å². The Bertz CT molecular complexity index is 684. The molecule has 0 spiro atoms. The number of benzene rings is 1. The molecule has 3 rings (SSSR count). The Morgan fingerprint density at radius 1 is 1.17 bits per heavy atom. The van der Waals surface area contributed by atoms with Crippen molar-refractivity contribution in [2.24, 2.45) is 0 Å². The number of anilines is 1. The number of fused-ring (bicyclic) bond motifs is 1. The third-order valence-electron chi connectivity index (χ3n) is 3.27. The highest BCUT2D eigenvalue weighted by atomic mass is 14.8. The Balaban J connectivity index is 2.23. The molecule has 1 aromatic carbocycles. The molecule has 0 bridgehead atoms. The molecule has 2 heterocycles. The molecule has 0 atom stereocenters. The van der Waals surface area contributed by atoms with Crippen LogP contribution in [0.5, 0.6) is 0 Å². The van der Waals surface area contributed by atoms with Crippen molar-refractivity contribution in [3.8, 4) is 11.4 Å². The molecule has 3 nitrogen and oxygen atoms in total. The summed E-state index contributed by atoms with van der Waals surface area (Å²) in [6.07, 6.45) is 1.82. The van der Waals surface area contributed by atoms with E-state index in [0.29, 0.717) is 0 Å². The van der Waals surface area contributed by atoms with Crippen molar-refractivity contribution in [3.63, 3.8) is 0 Å². The third kappa shape index (κ3) is 1.64. The van der Waals surface area contributed by atoms with E-state index in [1.165, 1.54) is 10.9 Å². The Hall–Kier alpha value is -2.29. The van der Waals surface area contributed by atoms with Crippen molar-refractivity contribution in [3.05, 3.63) is 48.2 Å². The fraction of sp³-hybridized carbons (Fsp3) is 0.133. The van der Waals surface area contributed by atoms with Gasteiger partial charge < -0.3 is 10.3 Å². The van der Waals surface area contributed by atoms with Gasteiger partial charge in [-0.15, -0.1) is 0 Å². The number of aromatic nitrogens is 2. The summed E-state index contributed by atoms with van der Waals surface area (Å²) in [6, 6.07) is 12.3. The van der Waals surface area contributed by atoms with E-state index < -0.39 is 0 Å². The van der Waals surface area contributed by atoms with Gasteiger partial charge in [0.2, 0.25) is 0 Å². The van der Waals surface area contributed by atoms with Crippen molar-refractivity contribution in [2.45, 2.75) is 6.92 Å². The molecule has 0 aliphatic carbocycles. The second kappa shape index (κ2) is 4.18. The van der Waals surface area contributed by atoms with Gasteiger partial charge in [-0.25, -0.2) is 0 Å². The Morgan fingerprint density at radius 2 is 2.06 bits per heavy atom. The average Bonchev–Trinajstić information content (AvgIpc) is 2.77. The van der Waals surface area contributed by atoms with Crippen LogP contribution in [-0.4, -0.2) is 17.0 Å². The zero-order chi connectivity index (χ0) is 12.5. The molecule has 0 unspecified atom stereocenters. The molecule has 0 amide bonds. The van der Waals surface area contributed by atoms with Gasteiger partial charge >= 0.3 is 0 Å². The van der Waals surface area contributed by atoms with Crippen molar-refractivity contribution in [1.82, 2.24) is 9.97 Å². The van der Waals surface area contributed by atoms with Crippen LogP contribution >= 0.6 is 0 Å². The zero-order valence-corrected chi connectivity index (χ0v) is 10.5. The molecule has 0 saturated carbocycles. The van der Waals surface area contributed by atoms with Gasteiger partial charge in [-0.1, -0.05) is 6.07 Å². The minimum atomic E-state index is 0.984. The van der Waals surface area contributed by atoms with E-state index >= 15 is 0 Å². The monoisotopic (exact) mass is 237 g/mol. The number of rotatable bonds is 2. The first-order valence-electron chi connectivity index (χ1n) is 6.01. The SMILES string of the molecule is CNc1ccc2[nH]c(-c3ccccn3)c(C)c2c1. The topological polar surface area (TPSA) is 40.7 Å². The second-order valence-electron chi connectivity index (χ2n) is 4.35. The van der Waals surface area contributed by atoms with Crippen LogP contribution in [0, 0.1) is 6.92 Å². The molecule has 0 fully saturated rings. The predicted molar refractivity (Wildman–Crippen MR) is 75.8 cm³/mol. The highest BCUT2D eigenvalue weighted by Gasteiger charge is 2.10. The Labute approximate surface area is 106 Å². The molecule has 0 radical (unpaired) electrons. The summed E-state index contributed by atoms with van der Waals surface area (Å²) < 4.78 is 0. The minimum Gasteiger partial charge on any atom is -0.388 e. The van der Waals surface area contributed by atoms with Gasteiger partial charge in [0.1, 0.15) is 0 Å².